The fourth-order valence-electron chi connectivity index (χ4n) is 2.80. The number of amidine groups is 1. The van der Waals surface area contributed by atoms with Crippen LogP contribution in [0.4, 0.5) is 0 Å². The Balaban J connectivity index is 0.00000385. The van der Waals surface area contributed by atoms with E-state index in [1.54, 1.807) is 0 Å². The molecule has 1 saturated heterocycles. The van der Waals surface area contributed by atoms with Gasteiger partial charge in [-0.25, -0.2) is 13.7 Å². The summed E-state index contributed by atoms with van der Waals surface area (Å²) >= 11 is 0. The first-order chi connectivity index (χ1) is 14.6. The van der Waals surface area contributed by atoms with Gasteiger partial charge in [0.25, 0.3) is 5.91 Å². The van der Waals surface area contributed by atoms with Crippen LogP contribution in [0.5, 0.6) is 0 Å². The Morgan fingerprint density at radius 3 is 2.36 bits per heavy atom. The number of rotatable bonds is 8. The van der Waals surface area contributed by atoms with E-state index in [9.17, 15) is 33.6 Å². The molecule has 0 aromatic rings. The Labute approximate surface area is 205 Å². The summed E-state index contributed by atoms with van der Waals surface area (Å²) in [6.45, 7) is -1.02. The molecule has 0 aromatic carbocycles. The van der Waals surface area contributed by atoms with E-state index in [4.69, 9.17) is 24.8 Å². The van der Waals surface area contributed by atoms with Gasteiger partial charge in [-0.1, -0.05) is 0 Å². The van der Waals surface area contributed by atoms with Gasteiger partial charge in [0, 0.05) is 29.6 Å². The number of hydrogen-bond acceptors (Lipinski definition) is 13. The number of fused-ring (bicyclic) bond motifs is 1. The summed E-state index contributed by atoms with van der Waals surface area (Å²) in [5.74, 6) is -1.27. The zero-order valence-corrected chi connectivity index (χ0v) is 21.0. The molecule has 0 bridgehead atoms. The number of hydrogen-bond donors (Lipinski definition) is 8. The Kier molecular flexibility index (Phi) is 8.97. The molecule has 3 heterocycles. The molecule has 1 fully saturated rings. The predicted molar refractivity (Wildman–Crippen MR) is 104 cm³/mol. The van der Waals surface area contributed by atoms with Crippen LogP contribution in [-0.4, -0.2) is 125 Å². The third kappa shape index (κ3) is 7.05. The van der Waals surface area contributed by atoms with Crippen molar-refractivity contribution in [3.8, 4) is 0 Å². The van der Waals surface area contributed by atoms with Crippen molar-refractivity contribution in [1.82, 2.24) is 10.2 Å². The molecule has 0 aliphatic carbocycles. The van der Waals surface area contributed by atoms with Crippen LogP contribution >= 0.6 is 23.5 Å². The number of aliphatic hydroxyl groups excluding tert-OH is 2. The van der Waals surface area contributed by atoms with E-state index in [2.05, 4.69) is 28.4 Å². The molecule has 3 aliphatic rings. The van der Waals surface area contributed by atoms with Crippen LogP contribution in [0.1, 0.15) is 0 Å². The van der Waals surface area contributed by atoms with Gasteiger partial charge in [0.05, 0.1) is 12.9 Å². The summed E-state index contributed by atoms with van der Waals surface area (Å²) in [4.78, 5) is 56.1. The van der Waals surface area contributed by atoms with Gasteiger partial charge in [0.1, 0.15) is 18.3 Å². The first-order valence-electron chi connectivity index (χ1n) is 8.18. The molecule has 3 unspecified atom stereocenters. The van der Waals surface area contributed by atoms with E-state index in [1.165, 1.54) is 0 Å². The topological polar surface area (TPSA) is 290 Å². The second-order valence-electron chi connectivity index (χ2n) is 6.32. The molecule has 1 radical (unpaired) electrons. The van der Waals surface area contributed by atoms with Gasteiger partial charge in [-0.05, 0) is 0 Å². The Morgan fingerprint density at radius 2 is 1.76 bits per heavy atom. The standard InChI is InChI=1S/C10H16N5O14P3.Na/c11-10-13-7-4(8(18)14-10)12-2-15(7)9-6(17)5(16)3(27-9)1-26-31(22,23)29-32(24,25)28-30(19,20)21;/h2-6,9,16-17H,1H2,(H,22,23)(H,24,25)(H2,11,14,18)(H2,19,20,21);/t3-,4?,5-,6-,9-;/m1./s1. The van der Waals surface area contributed by atoms with E-state index < -0.39 is 72.5 Å². The molecule has 0 spiro atoms. The number of nitrogens with zero attached hydrogens (tertiary/aromatic N) is 3. The smallest absolute Gasteiger partial charge is 0.387 e. The summed E-state index contributed by atoms with van der Waals surface area (Å²) in [5, 5.41) is 30.0. The molecular formula is C10H16N5NaO14P3. The molecular weight excluding hydrogens is 530 g/mol. The Morgan fingerprint density at radius 1 is 1.12 bits per heavy atom. The van der Waals surface area contributed by atoms with E-state index in [1.807, 2.05) is 0 Å². The molecule has 0 aromatic heterocycles. The van der Waals surface area contributed by atoms with Crippen molar-refractivity contribution in [2.24, 2.45) is 9.98 Å². The average molecular weight is 546 g/mol. The van der Waals surface area contributed by atoms with Gasteiger partial charge in [-0.15, -0.1) is 0 Å². The fourth-order valence-corrected chi connectivity index (χ4v) is 5.83. The van der Waals surface area contributed by atoms with Crippen molar-refractivity contribution in [1.29, 1.82) is 5.41 Å². The van der Waals surface area contributed by atoms with Crippen LogP contribution in [-0.2, 0) is 36.4 Å². The molecule has 3 rings (SSSR count). The van der Waals surface area contributed by atoms with Gasteiger partial charge in [-0.3, -0.25) is 29.9 Å². The summed E-state index contributed by atoms with van der Waals surface area (Å²) in [6, 6.07) is -1.13. The first-order valence-corrected chi connectivity index (χ1v) is 12.7. The zero-order valence-electron chi connectivity index (χ0n) is 16.3. The number of nitrogens with one attached hydrogen (secondary N) is 2. The van der Waals surface area contributed by atoms with Crippen LogP contribution in [0.15, 0.2) is 9.98 Å². The third-order valence-corrected chi connectivity index (χ3v) is 7.80. The van der Waals surface area contributed by atoms with Crippen molar-refractivity contribution in [2.75, 3.05) is 6.61 Å². The molecule has 23 heteroatoms. The van der Waals surface area contributed by atoms with Crippen molar-refractivity contribution >= 4 is 77.1 Å². The minimum Gasteiger partial charge on any atom is -0.387 e. The third-order valence-electron chi connectivity index (χ3n) is 3.99. The van der Waals surface area contributed by atoms with Crippen LogP contribution in [0, 0.1) is 5.41 Å². The first kappa shape index (κ1) is 28.8. The van der Waals surface area contributed by atoms with Crippen LogP contribution < -0.4 is 5.32 Å². The number of carbonyl (C=O) groups is 1. The minimum atomic E-state index is -5.73. The Hall–Kier alpha value is -0.430. The van der Waals surface area contributed by atoms with Gasteiger partial charge >= 0.3 is 23.5 Å². The normalized spacial score (nSPS) is 33.0. The monoisotopic (exact) mass is 546 g/mol. The molecule has 1 amide bonds. The number of aliphatic imine (C=N–C) groups is 2. The molecule has 0 saturated carbocycles. The van der Waals surface area contributed by atoms with Gasteiger partial charge < -0.3 is 34.5 Å². The number of phosphoric ester groups is 1. The van der Waals surface area contributed by atoms with E-state index in [0.717, 1.165) is 11.2 Å². The SMILES string of the molecule is N=C1N=C2C(N=CN2[C@@H]2O[C@H](COP(=O)(O)OP(=O)(O)OP(=O)(O)O)[C@@H](O)[C@H]2O)C(=O)N1.[Na]. The number of aliphatic hydroxyl groups is 2. The molecule has 181 valence electrons. The maximum absolute atomic E-state index is 11.8. The largest absolute Gasteiger partial charge is 0.490 e. The summed E-state index contributed by atoms with van der Waals surface area (Å²) in [5.41, 5.74) is 0. The molecule has 7 atom stereocenters. The van der Waals surface area contributed by atoms with Crippen LogP contribution in [0.25, 0.3) is 0 Å². The van der Waals surface area contributed by atoms with Gasteiger partial charge in [0.2, 0.25) is 5.96 Å². The number of ether oxygens (including phenoxy) is 1. The second kappa shape index (κ2) is 10.3. The number of carbonyl (C=O) groups excluding carboxylic acids is 1. The maximum atomic E-state index is 11.8. The van der Waals surface area contributed by atoms with Crippen LogP contribution in [0.3, 0.4) is 0 Å². The summed E-state index contributed by atoms with van der Waals surface area (Å²) in [6.07, 6.45) is -5.35. The predicted octanol–water partition coefficient (Wildman–Crippen LogP) is -3.43. The number of amides is 1. The molecule has 3 aliphatic heterocycles. The van der Waals surface area contributed by atoms with Crippen molar-refractivity contribution in [2.45, 2.75) is 30.6 Å². The van der Waals surface area contributed by atoms with Crippen molar-refractivity contribution < 1.29 is 66.2 Å². The van der Waals surface area contributed by atoms with Gasteiger partial charge in [-0.2, -0.15) is 13.6 Å². The van der Waals surface area contributed by atoms with E-state index in [-0.39, 0.29) is 35.4 Å². The minimum absolute atomic E-state index is 0. The van der Waals surface area contributed by atoms with Crippen LogP contribution in [0.2, 0.25) is 0 Å². The second-order valence-corrected chi connectivity index (χ2v) is 10.7. The summed E-state index contributed by atoms with van der Waals surface area (Å²) < 4.78 is 50.5. The van der Waals surface area contributed by atoms with Crippen molar-refractivity contribution in [3.05, 3.63) is 0 Å². The van der Waals surface area contributed by atoms with E-state index in [0.29, 0.717) is 0 Å². The molecule has 33 heavy (non-hydrogen) atoms. The molecule has 8 N–H and O–H groups in total. The van der Waals surface area contributed by atoms with Gasteiger partial charge in [0.15, 0.2) is 18.1 Å². The summed E-state index contributed by atoms with van der Waals surface area (Å²) in [7, 11) is -16.8. The number of phosphoric acid groups is 3. The molecule has 19 nitrogen and oxygen atoms in total. The number of guanidine groups is 1. The maximum Gasteiger partial charge on any atom is 0.490 e. The quantitative estimate of drug-likeness (QED) is 0.109. The fraction of sp³-hybridized carbons (Fsp3) is 0.600. The zero-order chi connectivity index (χ0) is 24.1. The van der Waals surface area contributed by atoms with E-state index >= 15 is 0 Å². The average Bonchev–Trinajstić information content (AvgIpc) is 3.12. The Bertz CT molecular complexity index is 1020. The van der Waals surface area contributed by atoms with Crippen molar-refractivity contribution in [3.63, 3.8) is 0 Å².